The van der Waals surface area contributed by atoms with Crippen LogP contribution >= 0.6 is 0 Å². The van der Waals surface area contributed by atoms with Crippen LogP contribution in [0.1, 0.15) is 25.1 Å². The smallest absolute Gasteiger partial charge is 0.193 e. The van der Waals surface area contributed by atoms with Gasteiger partial charge in [0, 0.05) is 18.4 Å². The van der Waals surface area contributed by atoms with Crippen molar-refractivity contribution in [1.82, 2.24) is 9.78 Å². The van der Waals surface area contributed by atoms with E-state index in [9.17, 15) is 0 Å². The SMILES string of the molecule is CCc1ccc(NC(N)=NCc2ccn(CC)n2)cc1. The summed E-state index contributed by atoms with van der Waals surface area (Å²) in [5.74, 6) is 0.403. The Kier molecular flexibility index (Phi) is 4.76. The van der Waals surface area contributed by atoms with Crippen LogP contribution in [0.4, 0.5) is 5.69 Å². The van der Waals surface area contributed by atoms with Gasteiger partial charge in [-0.15, -0.1) is 0 Å². The molecule has 106 valence electrons. The van der Waals surface area contributed by atoms with Crippen molar-refractivity contribution in [1.29, 1.82) is 0 Å². The van der Waals surface area contributed by atoms with Crippen LogP contribution in [0.2, 0.25) is 0 Å². The van der Waals surface area contributed by atoms with Gasteiger partial charge in [-0.1, -0.05) is 19.1 Å². The number of hydrogen-bond donors (Lipinski definition) is 2. The van der Waals surface area contributed by atoms with E-state index in [0.717, 1.165) is 24.3 Å². The molecule has 1 heterocycles. The van der Waals surface area contributed by atoms with Crippen LogP contribution in [-0.2, 0) is 19.5 Å². The van der Waals surface area contributed by atoms with Crippen molar-refractivity contribution < 1.29 is 0 Å². The van der Waals surface area contributed by atoms with Crippen molar-refractivity contribution >= 4 is 11.6 Å². The molecule has 0 bridgehead atoms. The summed E-state index contributed by atoms with van der Waals surface area (Å²) >= 11 is 0. The number of aryl methyl sites for hydroxylation is 2. The predicted molar refractivity (Wildman–Crippen MR) is 82.7 cm³/mol. The van der Waals surface area contributed by atoms with Gasteiger partial charge < -0.3 is 11.1 Å². The Labute approximate surface area is 119 Å². The number of nitrogens with two attached hydrogens (primary N) is 1. The highest BCUT2D eigenvalue weighted by Crippen LogP contribution is 2.09. The molecule has 20 heavy (non-hydrogen) atoms. The summed E-state index contributed by atoms with van der Waals surface area (Å²) < 4.78 is 1.87. The molecule has 0 amide bonds. The van der Waals surface area contributed by atoms with Gasteiger partial charge in [-0.3, -0.25) is 4.68 Å². The summed E-state index contributed by atoms with van der Waals surface area (Å²) in [7, 11) is 0. The highest BCUT2D eigenvalue weighted by atomic mass is 15.3. The molecule has 0 saturated carbocycles. The number of anilines is 1. The van der Waals surface area contributed by atoms with Crippen LogP contribution in [0, 0.1) is 0 Å². The Bertz CT molecular complexity index is 568. The van der Waals surface area contributed by atoms with E-state index >= 15 is 0 Å². The quantitative estimate of drug-likeness (QED) is 0.648. The van der Waals surface area contributed by atoms with E-state index in [1.54, 1.807) is 0 Å². The molecule has 2 rings (SSSR count). The highest BCUT2D eigenvalue weighted by Gasteiger charge is 1.98. The minimum absolute atomic E-state index is 0.403. The molecule has 0 radical (unpaired) electrons. The average Bonchev–Trinajstić information content (AvgIpc) is 2.94. The highest BCUT2D eigenvalue weighted by molar-refractivity contribution is 5.92. The van der Waals surface area contributed by atoms with Crippen LogP contribution in [0.3, 0.4) is 0 Å². The standard InChI is InChI=1S/C15H21N5/c1-3-12-5-7-13(8-6-12)18-15(16)17-11-14-9-10-20(4-2)19-14/h5-10H,3-4,11H2,1-2H3,(H3,16,17,18). The normalized spacial score (nSPS) is 11.6. The van der Waals surface area contributed by atoms with Crippen LogP contribution in [0.5, 0.6) is 0 Å². The van der Waals surface area contributed by atoms with Crippen molar-refractivity contribution in [2.24, 2.45) is 10.7 Å². The van der Waals surface area contributed by atoms with E-state index in [2.05, 4.69) is 41.4 Å². The summed E-state index contributed by atoms with van der Waals surface area (Å²) in [6.45, 7) is 5.53. The topological polar surface area (TPSA) is 68.2 Å². The number of aliphatic imine (C=N–C) groups is 1. The Morgan fingerprint density at radius 1 is 1.25 bits per heavy atom. The molecule has 0 atom stereocenters. The van der Waals surface area contributed by atoms with Crippen LogP contribution in [0.15, 0.2) is 41.5 Å². The lowest BCUT2D eigenvalue weighted by Gasteiger charge is -2.06. The maximum Gasteiger partial charge on any atom is 0.193 e. The summed E-state index contributed by atoms with van der Waals surface area (Å²) in [5, 5.41) is 7.43. The van der Waals surface area contributed by atoms with E-state index in [4.69, 9.17) is 5.73 Å². The molecular formula is C15H21N5. The molecular weight excluding hydrogens is 250 g/mol. The van der Waals surface area contributed by atoms with Gasteiger partial charge in [-0.25, -0.2) is 4.99 Å². The molecule has 0 unspecified atom stereocenters. The Balaban J connectivity index is 1.92. The Morgan fingerprint density at radius 3 is 2.60 bits per heavy atom. The summed E-state index contributed by atoms with van der Waals surface area (Å²) in [4.78, 5) is 4.29. The maximum atomic E-state index is 5.87. The maximum absolute atomic E-state index is 5.87. The first kappa shape index (κ1) is 14.1. The van der Waals surface area contributed by atoms with Crippen molar-refractivity contribution in [2.75, 3.05) is 5.32 Å². The molecule has 3 N–H and O–H groups in total. The molecule has 5 nitrogen and oxygen atoms in total. The van der Waals surface area contributed by atoms with E-state index in [1.807, 2.05) is 29.1 Å². The first-order valence-corrected chi connectivity index (χ1v) is 6.89. The van der Waals surface area contributed by atoms with Gasteiger partial charge in [0.05, 0.1) is 12.2 Å². The molecule has 2 aromatic rings. The van der Waals surface area contributed by atoms with Crippen LogP contribution in [0.25, 0.3) is 0 Å². The number of nitrogens with zero attached hydrogens (tertiary/aromatic N) is 3. The van der Waals surface area contributed by atoms with E-state index in [0.29, 0.717) is 12.5 Å². The molecule has 0 aliphatic carbocycles. The van der Waals surface area contributed by atoms with Gasteiger partial charge in [0.25, 0.3) is 0 Å². The molecule has 0 saturated heterocycles. The summed E-state index contributed by atoms with van der Waals surface area (Å²) in [6, 6.07) is 10.1. The van der Waals surface area contributed by atoms with Gasteiger partial charge >= 0.3 is 0 Å². The van der Waals surface area contributed by atoms with Crippen molar-refractivity contribution in [2.45, 2.75) is 33.4 Å². The minimum atomic E-state index is 0.403. The second kappa shape index (κ2) is 6.75. The monoisotopic (exact) mass is 271 g/mol. The summed E-state index contributed by atoms with van der Waals surface area (Å²) in [6.07, 6.45) is 2.97. The number of hydrogen-bond acceptors (Lipinski definition) is 2. The number of benzene rings is 1. The molecule has 0 aliphatic rings. The second-order valence-electron chi connectivity index (χ2n) is 4.54. The fraction of sp³-hybridized carbons (Fsp3) is 0.333. The summed E-state index contributed by atoms with van der Waals surface area (Å²) in [5.41, 5.74) is 9.03. The lowest BCUT2D eigenvalue weighted by molar-refractivity contribution is 0.647. The van der Waals surface area contributed by atoms with E-state index in [-0.39, 0.29) is 0 Å². The van der Waals surface area contributed by atoms with E-state index < -0.39 is 0 Å². The number of guanidine groups is 1. The fourth-order valence-corrected chi connectivity index (χ4v) is 1.84. The Morgan fingerprint density at radius 2 is 2.00 bits per heavy atom. The zero-order valence-corrected chi connectivity index (χ0v) is 12.0. The molecule has 1 aromatic heterocycles. The van der Waals surface area contributed by atoms with Gasteiger partial charge in [0.2, 0.25) is 0 Å². The largest absolute Gasteiger partial charge is 0.370 e. The lowest BCUT2D eigenvalue weighted by atomic mass is 10.1. The van der Waals surface area contributed by atoms with Gasteiger partial charge in [0.1, 0.15) is 0 Å². The lowest BCUT2D eigenvalue weighted by Crippen LogP contribution is -2.22. The number of nitrogens with one attached hydrogen (secondary N) is 1. The molecule has 1 aromatic carbocycles. The van der Waals surface area contributed by atoms with Crippen LogP contribution in [-0.4, -0.2) is 15.7 Å². The first-order valence-electron chi connectivity index (χ1n) is 6.89. The van der Waals surface area contributed by atoms with Crippen molar-refractivity contribution in [3.05, 3.63) is 47.8 Å². The predicted octanol–water partition coefficient (Wildman–Crippen LogP) is 2.39. The van der Waals surface area contributed by atoms with Crippen LogP contribution < -0.4 is 11.1 Å². The van der Waals surface area contributed by atoms with Crippen molar-refractivity contribution in [3.63, 3.8) is 0 Å². The molecule has 5 heteroatoms. The number of rotatable bonds is 5. The zero-order chi connectivity index (χ0) is 14.4. The van der Waals surface area contributed by atoms with Gasteiger partial charge in [0.15, 0.2) is 5.96 Å². The third-order valence-electron chi connectivity index (χ3n) is 3.07. The third-order valence-corrected chi connectivity index (χ3v) is 3.07. The third kappa shape index (κ3) is 3.85. The van der Waals surface area contributed by atoms with Crippen molar-refractivity contribution in [3.8, 4) is 0 Å². The van der Waals surface area contributed by atoms with Gasteiger partial charge in [-0.05, 0) is 37.1 Å². The second-order valence-corrected chi connectivity index (χ2v) is 4.54. The molecule has 0 aliphatic heterocycles. The minimum Gasteiger partial charge on any atom is -0.370 e. The first-order chi connectivity index (χ1) is 9.71. The van der Waals surface area contributed by atoms with E-state index in [1.165, 1.54) is 5.56 Å². The Hall–Kier alpha value is -2.30. The number of aromatic nitrogens is 2. The van der Waals surface area contributed by atoms with Gasteiger partial charge in [-0.2, -0.15) is 5.10 Å². The molecule has 0 fully saturated rings. The average molecular weight is 271 g/mol. The fourth-order valence-electron chi connectivity index (χ4n) is 1.84. The zero-order valence-electron chi connectivity index (χ0n) is 12.0. The molecule has 0 spiro atoms.